The summed E-state index contributed by atoms with van der Waals surface area (Å²) in [5.74, 6) is 0. The molecule has 0 bridgehead atoms. The molecule has 1 aliphatic heterocycles. The van der Waals surface area contributed by atoms with Crippen LogP contribution in [0.4, 0.5) is 5.69 Å². The fourth-order valence-corrected chi connectivity index (χ4v) is 4.17. The summed E-state index contributed by atoms with van der Waals surface area (Å²) in [7, 11) is 4.16. The first-order chi connectivity index (χ1) is 12.7. The van der Waals surface area contributed by atoms with E-state index in [1.165, 1.54) is 48.0 Å². The lowest BCUT2D eigenvalue weighted by Gasteiger charge is -2.17. The zero-order valence-corrected chi connectivity index (χ0v) is 18.4. The molecular formula is C23H31Cl2N3. The van der Waals surface area contributed by atoms with E-state index >= 15 is 0 Å². The van der Waals surface area contributed by atoms with Crippen LogP contribution in [0.15, 0.2) is 48.5 Å². The molecule has 1 aliphatic rings. The van der Waals surface area contributed by atoms with Crippen molar-refractivity contribution in [1.82, 2.24) is 9.88 Å². The summed E-state index contributed by atoms with van der Waals surface area (Å²) in [4.78, 5) is 2.14. The first-order valence-electron chi connectivity index (χ1n) is 9.80. The van der Waals surface area contributed by atoms with Gasteiger partial charge in [0.15, 0.2) is 0 Å². The molecule has 0 unspecified atom stereocenters. The Morgan fingerprint density at radius 1 is 0.964 bits per heavy atom. The third-order valence-electron chi connectivity index (χ3n) is 5.57. The van der Waals surface area contributed by atoms with Gasteiger partial charge in [-0.05, 0) is 61.6 Å². The highest BCUT2D eigenvalue weighted by Gasteiger charge is 2.18. The van der Waals surface area contributed by atoms with Crippen molar-refractivity contribution >= 4 is 41.4 Å². The van der Waals surface area contributed by atoms with Gasteiger partial charge in [-0.15, -0.1) is 24.8 Å². The van der Waals surface area contributed by atoms with Crippen molar-refractivity contribution in [2.75, 3.05) is 25.5 Å². The van der Waals surface area contributed by atoms with E-state index in [4.69, 9.17) is 0 Å². The molecule has 0 saturated carbocycles. The van der Waals surface area contributed by atoms with Gasteiger partial charge in [0.05, 0.1) is 0 Å². The molecule has 2 heterocycles. The number of hydrogen-bond donors (Lipinski definition) is 1. The summed E-state index contributed by atoms with van der Waals surface area (Å²) in [6.07, 6.45) is 4.98. The van der Waals surface area contributed by atoms with Crippen molar-refractivity contribution in [3.8, 4) is 0 Å². The second kappa shape index (κ2) is 10.2. The van der Waals surface area contributed by atoms with Crippen molar-refractivity contribution < 1.29 is 0 Å². The standard InChI is InChI=1S/C23H29N3.2ClH/c1-25(2)19-12-10-18(11-13-19)17-24-15-14-21-20-7-3-4-8-22(20)26-16-6-5-9-23(21)26;;/h3-4,7-8,10-13,24H,5-6,9,14-17H2,1-2H3;2*1H. The Morgan fingerprint density at radius 2 is 1.71 bits per heavy atom. The number of hydrogen-bond acceptors (Lipinski definition) is 2. The molecule has 1 aromatic heterocycles. The monoisotopic (exact) mass is 419 g/mol. The number of para-hydroxylation sites is 1. The highest BCUT2D eigenvalue weighted by Crippen LogP contribution is 2.30. The molecule has 0 aliphatic carbocycles. The molecule has 0 spiro atoms. The Morgan fingerprint density at radius 3 is 2.46 bits per heavy atom. The molecule has 0 atom stereocenters. The molecule has 152 valence electrons. The van der Waals surface area contributed by atoms with Crippen molar-refractivity contribution in [2.45, 2.75) is 38.8 Å². The van der Waals surface area contributed by atoms with Gasteiger partial charge in [-0.1, -0.05) is 30.3 Å². The van der Waals surface area contributed by atoms with Gasteiger partial charge < -0.3 is 14.8 Å². The van der Waals surface area contributed by atoms with Crippen LogP contribution in [0, 0.1) is 0 Å². The lowest BCUT2D eigenvalue weighted by atomic mass is 10.0. The fourth-order valence-electron chi connectivity index (χ4n) is 4.17. The third-order valence-corrected chi connectivity index (χ3v) is 5.57. The summed E-state index contributed by atoms with van der Waals surface area (Å²) in [5, 5.41) is 5.10. The topological polar surface area (TPSA) is 20.2 Å². The van der Waals surface area contributed by atoms with Crippen LogP contribution in [0.3, 0.4) is 0 Å². The molecule has 4 rings (SSSR count). The molecule has 2 aromatic carbocycles. The van der Waals surface area contributed by atoms with Crippen molar-refractivity contribution in [2.24, 2.45) is 0 Å². The average Bonchev–Trinajstić information content (AvgIpc) is 3.00. The number of aromatic nitrogens is 1. The maximum atomic E-state index is 3.64. The van der Waals surface area contributed by atoms with Crippen molar-refractivity contribution in [1.29, 1.82) is 0 Å². The summed E-state index contributed by atoms with van der Waals surface area (Å²) in [6, 6.07) is 17.8. The zero-order valence-electron chi connectivity index (χ0n) is 16.8. The number of nitrogens with one attached hydrogen (secondary N) is 1. The van der Waals surface area contributed by atoms with E-state index in [1.807, 2.05) is 0 Å². The number of nitrogens with zero attached hydrogens (tertiary/aromatic N) is 2. The largest absolute Gasteiger partial charge is 0.378 e. The summed E-state index contributed by atoms with van der Waals surface area (Å²) in [6.45, 7) is 3.14. The van der Waals surface area contributed by atoms with Crippen LogP contribution in [0.25, 0.3) is 10.9 Å². The van der Waals surface area contributed by atoms with Gasteiger partial charge in [0, 0.05) is 49.5 Å². The van der Waals surface area contributed by atoms with E-state index in [0.717, 1.165) is 19.5 Å². The highest BCUT2D eigenvalue weighted by atomic mass is 35.5. The first kappa shape index (κ1) is 22.6. The number of halogens is 2. The van der Waals surface area contributed by atoms with Crippen LogP contribution in [0.1, 0.15) is 29.7 Å². The minimum absolute atomic E-state index is 0. The highest BCUT2D eigenvalue weighted by molar-refractivity contribution is 5.86. The zero-order chi connectivity index (χ0) is 17.9. The molecular weight excluding hydrogens is 389 g/mol. The van der Waals surface area contributed by atoms with Crippen LogP contribution >= 0.6 is 24.8 Å². The lowest BCUT2D eigenvalue weighted by Crippen LogP contribution is -2.18. The number of anilines is 1. The van der Waals surface area contributed by atoms with E-state index in [0.29, 0.717) is 0 Å². The lowest BCUT2D eigenvalue weighted by molar-refractivity contribution is 0.539. The van der Waals surface area contributed by atoms with E-state index in [1.54, 1.807) is 11.3 Å². The van der Waals surface area contributed by atoms with Crippen LogP contribution in [0.2, 0.25) is 0 Å². The van der Waals surface area contributed by atoms with Crippen molar-refractivity contribution in [3.05, 3.63) is 65.4 Å². The van der Waals surface area contributed by atoms with Crippen LogP contribution in [0.5, 0.6) is 0 Å². The Balaban J connectivity index is 0.00000140. The predicted molar refractivity (Wildman–Crippen MR) is 126 cm³/mol. The Bertz CT molecular complexity index is 885. The Kier molecular flexibility index (Phi) is 8.23. The molecule has 0 radical (unpaired) electrons. The second-order valence-corrected chi connectivity index (χ2v) is 7.54. The van der Waals surface area contributed by atoms with E-state index in [9.17, 15) is 0 Å². The summed E-state index contributed by atoms with van der Waals surface area (Å²) < 4.78 is 2.56. The van der Waals surface area contributed by atoms with Gasteiger partial charge in [-0.25, -0.2) is 0 Å². The minimum Gasteiger partial charge on any atom is -0.378 e. The van der Waals surface area contributed by atoms with Gasteiger partial charge in [0.25, 0.3) is 0 Å². The molecule has 5 heteroatoms. The number of rotatable bonds is 6. The van der Waals surface area contributed by atoms with Gasteiger partial charge in [-0.2, -0.15) is 0 Å². The van der Waals surface area contributed by atoms with E-state index in [-0.39, 0.29) is 24.8 Å². The molecule has 3 aromatic rings. The van der Waals surface area contributed by atoms with E-state index < -0.39 is 0 Å². The maximum Gasteiger partial charge on any atom is 0.0485 e. The third kappa shape index (κ3) is 4.65. The molecule has 28 heavy (non-hydrogen) atoms. The first-order valence-corrected chi connectivity index (χ1v) is 9.80. The smallest absolute Gasteiger partial charge is 0.0485 e. The van der Waals surface area contributed by atoms with Gasteiger partial charge in [0.1, 0.15) is 0 Å². The van der Waals surface area contributed by atoms with Gasteiger partial charge in [0.2, 0.25) is 0 Å². The minimum atomic E-state index is 0. The Labute approximate surface area is 180 Å². The maximum absolute atomic E-state index is 3.64. The quantitative estimate of drug-likeness (QED) is 0.552. The fraction of sp³-hybridized carbons (Fsp3) is 0.391. The molecule has 3 nitrogen and oxygen atoms in total. The average molecular weight is 420 g/mol. The number of fused-ring (bicyclic) bond motifs is 3. The number of benzene rings is 2. The second-order valence-electron chi connectivity index (χ2n) is 7.54. The molecule has 0 saturated heterocycles. The van der Waals surface area contributed by atoms with Gasteiger partial charge >= 0.3 is 0 Å². The van der Waals surface area contributed by atoms with Crippen LogP contribution in [-0.4, -0.2) is 25.2 Å². The molecule has 0 amide bonds. The van der Waals surface area contributed by atoms with Crippen molar-refractivity contribution in [3.63, 3.8) is 0 Å². The van der Waals surface area contributed by atoms with Crippen LogP contribution in [-0.2, 0) is 25.9 Å². The normalized spacial score (nSPS) is 12.8. The van der Waals surface area contributed by atoms with Crippen LogP contribution < -0.4 is 10.2 Å². The van der Waals surface area contributed by atoms with Gasteiger partial charge in [-0.3, -0.25) is 0 Å². The Hall–Kier alpha value is -1.68. The summed E-state index contributed by atoms with van der Waals surface area (Å²) in [5.41, 5.74) is 7.17. The summed E-state index contributed by atoms with van der Waals surface area (Å²) >= 11 is 0. The SMILES string of the molecule is CN(C)c1ccc(CNCCc2c3n(c4ccccc24)CCCC3)cc1.Cl.Cl. The number of aryl methyl sites for hydroxylation is 1. The molecule has 1 N–H and O–H groups in total. The van der Waals surface area contributed by atoms with E-state index in [2.05, 4.69) is 77.4 Å². The molecule has 0 fully saturated rings. The predicted octanol–water partition coefficient (Wildman–Crippen LogP) is 5.22.